The van der Waals surface area contributed by atoms with Gasteiger partial charge in [-0.1, -0.05) is 0 Å². The van der Waals surface area contributed by atoms with Crippen molar-refractivity contribution in [2.24, 2.45) is 0 Å². The molecule has 0 aromatic carbocycles. The van der Waals surface area contributed by atoms with Gasteiger partial charge in [-0.3, -0.25) is 0 Å². The molecule has 0 bridgehead atoms. The Bertz CT molecular complexity index is 68.0. The summed E-state index contributed by atoms with van der Waals surface area (Å²) in [6, 6.07) is 0. The minimum absolute atomic E-state index is 0. The minimum atomic E-state index is 0. The molecule has 0 unspecified atom stereocenters. The Hall–Kier alpha value is 1.20. The van der Waals surface area contributed by atoms with Crippen molar-refractivity contribution in [2.75, 3.05) is 0 Å². The van der Waals surface area contributed by atoms with Crippen LogP contribution in [0, 0.1) is 6.20 Å². The van der Waals surface area contributed by atoms with Crippen LogP contribution in [0.2, 0.25) is 0 Å². The second-order valence-electron chi connectivity index (χ2n) is 0.537. The fourth-order valence-corrected chi connectivity index (χ4v) is 0.354. The third-order valence-corrected chi connectivity index (χ3v) is 0.638. The van der Waals surface area contributed by atoms with Crippen LogP contribution in [0.4, 0.5) is 0 Å². The Kier molecular flexibility index (Phi) is 5.23. The normalized spacial score (nSPS) is 6.67. The maximum Gasteiger partial charge on any atom is 1.00 e. The molecular weight excluding hydrogens is 123 g/mol. The molecule has 4 heteroatoms. The summed E-state index contributed by atoms with van der Waals surface area (Å²) < 4.78 is 7.12. The molecule has 6 heavy (non-hydrogen) atoms. The Balaban J connectivity index is 0.000000250. The summed E-state index contributed by atoms with van der Waals surface area (Å²) in [5.41, 5.74) is 0. The van der Waals surface area contributed by atoms with Crippen molar-refractivity contribution < 1.29 is 51.4 Å². The van der Waals surface area contributed by atoms with Gasteiger partial charge in [-0.15, -0.1) is 6.20 Å². The molecule has 0 spiro atoms. The van der Waals surface area contributed by atoms with E-state index in [1.165, 1.54) is 6.20 Å². The number of rotatable bonds is 0. The van der Waals surface area contributed by atoms with Gasteiger partial charge in [0.25, 0.3) is 0 Å². The van der Waals surface area contributed by atoms with E-state index in [1.807, 2.05) is 0 Å². The molecule has 26 valence electrons. The molecule has 1 aromatic heterocycles. The number of aromatic nitrogens is 2. The Morgan fingerprint density at radius 3 is 2.67 bits per heavy atom. The fourth-order valence-electron chi connectivity index (χ4n) is 0.118. The summed E-state index contributed by atoms with van der Waals surface area (Å²) in [5.74, 6) is 0. The summed E-state index contributed by atoms with van der Waals surface area (Å²) in [7, 11) is 0. The molecule has 0 aliphatic carbocycles. The molecule has 2 nitrogen and oxygen atoms in total. The van der Waals surface area contributed by atoms with Crippen molar-refractivity contribution >= 4 is 11.7 Å². The van der Waals surface area contributed by atoms with Crippen LogP contribution >= 0.6 is 11.7 Å². The van der Waals surface area contributed by atoms with Crippen molar-refractivity contribution in [3.05, 3.63) is 12.4 Å². The quantitative estimate of drug-likeness (QED) is 0.279. The second kappa shape index (κ2) is 4.36. The zero-order valence-electron chi connectivity index (χ0n) is 3.38. The molecule has 1 rings (SSSR count). The molecule has 0 aliphatic heterocycles. The summed E-state index contributed by atoms with van der Waals surface area (Å²) in [5, 5.41) is 0. The van der Waals surface area contributed by atoms with Crippen LogP contribution in [0.25, 0.3) is 0 Å². The third kappa shape index (κ3) is 2.38. The van der Waals surface area contributed by atoms with E-state index >= 15 is 0 Å². The Morgan fingerprint density at radius 1 is 1.67 bits per heavy atom. The van der Waals surface area contributed by atoms with Gasteiger partial charge in [0.15, 0.2) is 0 Å². The van der Waals surface area contributed by atoms with Crippen molar-refractivity contribution in [3.63, 3.8) is 0 Å². The van der Waals surface area contributed by atoms with E-state index < -0.39 is 0 Å². The predicted octanol–water partition coefficient (Wildman–Crippen LogP) is -2.66. The monoisotopic (exact) mass is 124 g/mol. The minimum Gasteiger partial charge on any atom is -0.394 e. The van der Waals surface area contributed by atoms with Crippen LogP contribution < -0.4 is 51.4 Å². The summed E-state index contributed by atoms with van der Waals surface area (Å²) >= 11 is 1.16. The zero-order chi connectivity index (χ0) is 3.54. The first-order valence-corrected chi connectivity index (χ1v) is 1.87. The summed E-state index contributed by atoms with van der Waals surface area (Å²) in [6.07, 6.45) is 4.05. The molecule has 1 heterocycles. The van der Waals surface area contributed by atoms with Gasteiger partial charge in [0.05, 0.1) is 0 Å². The Morgan fingerprint density at radius 2 is 2.50 bits per heavy atom. The van der Waals surface area contributed by atoms with E-state index in [-0.39, 0.29) is 51.4 Å². The van der Waals surface area contributed by atoms with Gasteiger partial charge in [0.1, 0.15) is 0 Å². The van der Waals surface area contributed by atoms with Crippen molar-refractivity contribution in [1.29, 1.82) is 0 Å². The van der Waals surface area contributed by atoms with E-state index in [4.69, 9.17) is 0 Å². The van der Waals surface area contributed by atoms with Crippen LogP contribution in [0.3, 0.4) is 0 Å². The first-order valence-electron chi connectivity index (χ1n) is 1.14. The van der Waals surface area contributed by atoms with E-state index in [1.54, 1.807) is 0 Å². The van der Waals surface area contributed by atoms with Gasteiger partial charge < -0.3 is 10.6 Å². The molecule has 0 saturated heterocycles. The molecular formula is C2HKN2S. The van der Waals surface area contributed by atoms with Gasteiger partial charge in [0.2, 0.25) is 0 Å². The third-order valence-electron chi connectivity index (χ3n) is 0.251. The van der Waals surface area contributed by atoms with Gasteiger partial charge in [-0.25, -0.2) is 4.37 Å². The summed E-state index contributed by atoms with van der Waals surface area (Å²) in [4.78, 5) is 0. The molecule has 0 atom stereocenters. The molecule has 0 aliphatic rings. The molecule has 0 saturated carbocycles. The van der Waals surface area contributed by atoms with E-state index in [9.17, 15) is 0 Å². The summed E-state index contributed by atoms with van der Waals surface area (Å²) in [6.45, 7) is 0. The smallest absolute Gasteiger partial charge is 0.394 e. The molecule has 0 N–H and O–H groups in total. The average Bonchev–Trinajstić information content (AvgIpc) is 1.76. The number of hydrogen-bond acceptors (Lipinski definition) is 3. The van der Waals surface area contributed by atoms with Gasteiger partial charge >= 0.3 is 51.4 Å². The topological polar surface area (TPSA) is 25.8 Å². The molecule has 1 aromatic rings. The van der Waals surface area contributed by atoms with Crippen molar-refractivity contribution in [2.45, 2.75) is 0 Å². The van der Waals surface area contributed by atoms with E-state index in [2.05, 4.69) is 14.9 Å². The molecule has 0 amide bonds. The van der Waals surface area contributed by atoms with Gasteiger partial charge in [0, 0.05) is 11.7 Å². The van der Waals surface area contributed by atoms with Gasteiger partial charge in [-0.2, -0.15) is 0 Å². The second-order valence-corrected chi connectivity index (χ2v) is 1.09. The van der Waals surface area contributed by atoms with E-state index in [0.29, 0.717) is 0 Å². The maximum absolute atomic E-state index is 3.60. The zero-order valence-corrected chi connectivity index (χ0v) is 7.32. The standard InChI is InChI=1S/C2HN2S.K/c1-2-4-5-3-1;/h1H;/q-1;+1. The van der Waals surface area contributed by atoms with Crippen LogP contribution in [-0.2, 0) is 0 Å². The Labute approximate surface area is 82.7 Å². The largest absolute Gasteiger partial charge is 1.00 e. The van der Waals surface area contributed by atoms with Crippen LogP contribution in [-0.4, -0.2) is 8.75 Å². The van der Waals surface area contributed by atoms with Crippen LogP contribution in [0.5, 0.6) is 0 Å². The SMILES string of the molecule is [K+].[c-]1cnsn1. The first kappa shape index (κ1) is 7.20. The first-order chi connectivity index (χ1) is 2.50. The average molecular weight is 124 g/mol. The number of nitrogens with zero attached hydrogens (tertiary/aromatic N) is 2. The molecule has 0 fully saturated rings. The predicted molar refractivity (Wildman–Crippen MR) is 18.7 cm³/mol. The fraction of sp³-hybridized carbons (Fsp3) is 0. The van der Waals surface area contributed by atoms with Crippen LogP contribution in [0.15, 0.2) is 6.20 Å². The number of hydrogen-bond donors (Lipinski definition) is 0. The molecule has 0 radical (unpaired) electrons. The van der Waals surface area contributed by atoms with Crippen molar-refractivity contribution in [3.8, 4) is 0 Å². The van der Waals surface area contributed by atoms with Gasteiger partial charge in [-0.05, 0) is 0 Å². The van der Waals surface area contributed by atoms with Crippen LogP contribution in [0.1, 0.15) is 0 Å². The van der Waals surface area contributed by atoms with E-state index in [0.717, 1.165) is 11.7 Å². The van der Waals surface area contributed by atoms with Crippen molar-refractivity contribution in [1.82, 2.24) is 8.75 Å². The maximum atomic E-state index is 3.60.